The van der Waals surface area contributed by atoms with Gasteiger partial charge in [0, 0.05) is 51.0 Å². The van der Waals surface area contributed by atoms with Crippen LogP contribution >= 0.6 is 12.2 Å². The largest absolute Gasteiger partial charge is 0.465 e. The summed E-state index contributed by atoms with van der Waals surface area (Å²) >= 11 is 5.51. The van der Waals surface area contributed by atoms with Crippen molar-refractivity contribution in [1.82, 2.24) is 30.0 Å². The summed E-state index contributed by atoms with van der Waals surface area (Å²) in [5, 5.41) is 19.1. The minimum Gasteiger partial charge on any atom is -0.465 e. The van der Waals surface area contributed by atoms with Gasteiger partial charge in [0.25, 0.3) is 0 Å². The lowest BCUT2D eigenvalue weighted by Gasteiger charge is -2.34. The summed E-state index contributed by atoms with van der Waals surface area (Å²) in [4.78, 5) is 26.9. The van der Waals surface area contributed by atoms with E-state index < -0.39 is 6.09 Å². The molecule has 37 heavy (non-hydrogen) atoms. The molecule has 3 aromatic rings. The van der Waals surface area contributed by atoms with Crippen molar-refractivity contribution in [3.63, 3.8) is 0 Å². The summed E-state index contributed by atoms with van der Waals surface area (Å²) in [5.74, 6) is 1.44. The third-order valence-corrected chi connectivity index (χ3v) is 7.37. The highest BCUT2D eigenvalue weighted by molar-refractivity contribution is 7.80. The Balaban J connectivity index is 1.50. The number of thiocarbonyl (C=S) groups is 1. The predicted octanol–water partition coefficient (Wildman–Crippen LogP) is 2.98. The van der Waals surface area contributed by atoms with Gasteiger partial charge in [-0.25, -0.2) is 19.4 Å². The Morgan fingerprint density at radius 1 is 1.16 bits per heavy atom. The number of amides is 1. The van der Waals surface area contributed by atoms with Crippen LogP contribution < -0.4 is 15.1 Å². The Hall–Kier alpha value is -3.51. The van der Waals surface area contributed by atoms with Gasteiger partial charge in [0.15, 0.2) is 16.6 Å². The van der Waals surface area contributed by atoms with Crippen molar-refractivity contribution in [2.24, 2.45) is 0 Å². The van der Waals surface area contributed by atoms with Gasteiger partial charge in [-0.2, -0.15) is 5.10 Å². The number of nitrogens with one attached hydrogen (secondary N) is 1. The molecule has 2 aromatic heterocycles. The zero-order chi connectivity index (χ0) is 25.9. The molecule has 2 fully saturated rings. The number of anilines is 2. The van der Waals surface area contributed by atoms with Crippen LogP contribution in [-0.2, 0) is 4.74 Å². The second kappa shape index (κ2) is 10.9. The lowest BCUT2D eigenvalue weighted by Crippen LogP contribution is -2.44. The molecule has 1 amide bonds. The van der Waals surface area contributed by atoms with Gasteiger partial charge < -0.3 is 25.0 Å². The van der Waals surface area contributed by atoms with Gasteiger partial charge in [0.1, 0.15) is 5.82 Å². The minimum absolute atomic E-state index is 0.213. The maximum atomic E-state index is 11.3. The van der Waals surface area contributed by atoms with Crippen LogP contribution in [0.1, 0.15) is 25.8 Å². The van der Waals surface area contributed by atoms with Gasteiger partial charge in [0.2, 0.25) is 0 Å². The Morgan fingerprint density at radius 2 is 1.86 bits per heavy atom. The van der Waals surface area contributed by atoms with Gasteiger partial charge >= 0.3 is 6.09 Å². The predicted molar refractivity (Wildman–Crippen MR) is 146 cm³/mol. The van der Waals surface area contributed by atoms with Gasteiger partial charge in [-0.05, 0) is 56.2 Å². The summed E-state index contributed by atoms with van der Waals surface area (Å²) in [7, 11) is 1.52. The Kier molecular flexibility index (Phi) is 7.38. The number of fused-ring (bicyclic) bond motifs is 1. The monoisotopic (exact) mass is 524 g/mol. The third kappa shape index (κ3) is 5.16. The molecule has 0 radical (unpaired) electrons. The first-order chi connectivity index (χ1) is 18.0. The lowest BCUT2D eigenvalue weighted by molar-refractivity contribution is 0.122. The van der Waals surface area contributed by atoms with E-state index in [4.69, 9.17) is 32.0 Å². The Labute approximate surface area is 221 Å². The van der Waals surface area contributed by atoms with Crippen molar-refractivity contribution < 1.29 is 14.6 Å². The maximum absolute atomic E-state index is 11.3. The highest BCUT2D eigenvalue weighted by atomic mass is 32.1. The van der Waals surface area contributed by atoms with E-state index in [1.54, 1.807) is 12.1 Å². The van der Waals surface area contributed by atoms with Gasteiger partial charge in [0.05, 0.1) is 30.8 Å². The van der Waals surface area contributed by atoms with E-state index in [-0.39, 0.29) is 6.04 Å². The van der Waals surface area contributed by atoms with Crippen LogP contribution in [0.2, 0.25) is 0 Å². The van der Waals surface area contributed by atoms with E-state index in [0.29, 0.717) is 24.7 Å². The highest BCUT2D eigenvalue weighted by Crippen LogP contribution is 2.32. The van der Waals surface area contributed by atoms with E-state index in [9.17, 15) is 9.90 Å². The van der Waals surface area contributed by atoms with Gasteiger partial charge in [-0.3, -0.25) is 4.90 Å². The fourth-order valence-corrected chi connectivity index (χ4v) is 5.17. The van der Waals surface area contributed by atoms with Crippen LogP contribution in [0.5, 0.6) is 0 Å². The number of rotatable bonds is 5. The summed E-state index contributed by atoms with van der Waals surface area (Å²) in [5.41, 5.74) is 2.21. The average molecular weight is 525 g/mol. The molecule has 11 nitrogen and oxygen atoms in total. The van der Waals surface area contributed by atoms with E-state index in [2.05, 4.69) is 22.0 Å². The molecule has 0 atom stereocenters. The summed E-state index contributed by atoms with van der Waals surface area (Å²) in [6.45, 7) is 7.40. The molecule has 4 heterocycles. The molecule has 12 heteroatoms. The Bertz CT molecular complexity index is 1270. The van der Waals surface area contributed by atoms with Gasteiger partial charge in [-0.15, -0.1) is 0 Å². The fraction of sp³-hybridized carbons (Fsp3) is 0.480. The molecule has 5 rings (SSSR count). The van der Waals surface area contributed by atoms with Crippen molar-refractivity contribution in [3.05, 3.63) is 30.5 Å². The zero-order valence-corrected chi connectivity index (χ0v) is 21.9. The fourth-order valence-electron chi connectivity index (χ4n) is 4.84. The number of ether oxygens (including phenoxy) is 1. The number of morpholine rings is 1. The number of likely N-dealkylation sites (tertiary alicyclic amines) is 1. The molecule has 0 unspecified atom stereocenters. The first kappa shape index (κ1) is 25.2. The number of nitrogens with zero attached hydrogens (tertiary/aromatic N) is 7. The van der Waals surface area contributed by atoms with Crippen molar-refractivity contribution in [2.75, 3.05) is 62.8 Å². The molecule has 0 aliphatic carbocycles. The molecule has 196 valence electrons. The van der Waals surface area contributed by atoms with E-state index in [0.717, 1.165) is 73.1 Å². The molecule has 2 saturated heterocycles. The van der Waals surface area contributed by atoms with Crippen molar-refractivity contribution >= 4 is 46.0 Å². The van der Waals surface area contributed by atoms with Crippen molar-refractivity contribution in [1.29, 1.82) is 0 Å². The second-order valence-corrected chi connectivity index (χ2v) is 9.63. The number of hydrogen-bond acceptors (Lipinski definition) is 7. The van der Waals surface area contributed by atoms with E-state index in [1.165, 1.54) is 11.9 Å². The maximum Gasteiger partial charge on any atom is 0.411 e. The van der Waals surface area contributed by atoms with Crippen LogP contribution in [0.4, 0.5) is 16.3 Å². The molecule has 1 aromatic carbocycles. The molecular formula is C25H32N8O3S. The molecule has 0 spiro atoms. The van der Waals surface area contributed by atoms with Gasteiger partial charge in [-0.1, -0.05) is 0 Å². The molecular weight excluding hydrogens is 492 g/mol. The third-order valence-electron chi connectivity index (χ3n) is 6.97. The highest BCUT2D eigenvalue weighted by Gasteiger charge is 2.27. The van der Waals surface area contributed by atoms with Crippen LogP contribution in [0.3, 0.4) is 0 Å². The van der Waals surface area contributed by atoms with E-state index in [1.807, 2.05) is 23.0 Å². The summed E-state index contributed by atoms with van der Waals surface area (Å²) in [6.07, 6.45) is 2.71. The van der Waals surface area contributed by atoms with Crippen molar-refractivity contribution in [2.45, 2.75) is 25.8 Å². The van der Waals surface area contributed by atoms with E-state index >= 15 is 0 Å². The molecule has 0 saturated carbocycles. The molecule has 2 N–H and O–H groups in total. The number of hydrogen-bond donors (Lipinski definition) is 2. The number of aromatic nitrogens is 4. The van der Waals surface area contributed by atoms with Crippen molar-refractivity contribution in [3.8, 4) is 11.4 Å². The average Bonchev–Trinajstić information content (AvgIpc) is 3.37. The summed E-state index contributed by atoms with van der Waals surface area (Å²) < 4.78 is 7.62. The zero-order valence-electron chi connectivity index (χ0n) is 21.1. The molecule has 0 bridgehead atoms. The van der Waals surface area contributed by atoms with Crippen LogP contribution in [-0.4, -0.2) is 93.9 Å². The SMILES string of the molecule is CCNC(=S)N1CCC(n2ncc3c(N4CCOCC4)nc(-c4ccc(N(C)C(=O)O)cc4)nc32)CC1. The molecule has 2 aliphatic heterocycles. The van der Waals surface area contributed by atoms with Crippen LogP contribution in [0, 0.1) is 0 Å². The molecule has 2 aliphatic rings. The number of benzene rings is 1. The van der Waals surface area contributed by atoms with Crippen LogP contribution in [0.25, 0.3) is 22.4 Å². The number of carbonyl (C=O) groups is 1. The summed E-state index contributed by atoms with van der Waals surface area (Å²) in [6, 6.07) is 7.47. The first-order valence-electron chi connectivity index (χ1n) is 12.6. The normalized spacial score (nSPS) is 16.7. The topological polar surface area (TPSA) is 112 Å². The van der Waals surface area contributed by atoms with Crippen LogP contribution in [0.15, 0.2) is 30.5 Å². The second-order valence-electron chi connectivity index (χ2n) is 9.24. The Morgan fingerprint density at radius 3 is 2.51 bits per heavy atom. The number of carboxylic acid groups (broad SMARTS) is 1. The standard InChI is InChI=1S/C25H32N8O3S/c1-3-26-24(37)32-10-8-19(9-11-32)33-23-20(16-27-33)22(31-12-14-36-15-13-31)28-21(29-23)17-4-6-18(7-5-17)30(2)25(34)35/h4-7,16,19H,3,8-15H2,1-2H3,(H,26,37)(H,34,35). The quantitative estimate of drug-likeness (QED) is 0.483. The first-order valence-corrected chi connectivity index (χ1v) is 13.0. The minimum atomic E-state index is -1.01. The smallest absolute Gasteiger partial charge is 0.411 e. The lowest BCUT2D eigenvalue weighted by atomic mass is 10.1. The number of piperidine rings is 1.